The monoisotopic (exact) mass is 445 g/mol. The number of hydrogen-bond donors (Lipinski definition) is 3. The van der Waals surface area contributed by atoms with Crippen molar-refractivity contribution in [2.24, 2.45) is 0 Å². The summed E-state index contributed by atoms with van der Waals surface area (Å²) >= 11 is 0. The first kappa shape index (κ1) is 21.4. The van der Waals surface area contributed by atoms with E-state index in [1.54, 1.807) is 24.3 Å². The normalized spacial score (nSPS) is 14.9. The van der Waals surface area contributed by atoms with E-state index >= 15 is 4.39 Å². The van der Waals surface area contributed by atoms with Crippen LogP contribution in [0.25, 0.3) is 39.1 Å². The van der Waals surface area contributed by atoms with Crippen molar-refractivity contribution in [3.05, 3.63) is 59.7 Å². The van der Waals surface area contributed by atoms with Gasteiger partial charge in [-0.2, -0.15) is 5.10 Å². The molecule has 1 aliphatic heterocycles. The van der Waals surface area contributed by atoms with Gasteiger partial charge in [0.15, 0.2) is 11.6 Å². The van der Waals surface area contributed by atoms with E-state index in [0.29, 0.717) is 40.4 Å². The van der Waals surface area contributed by atoms with E-state index in [4.69, 9.17) is 4.98 Å². The van der Waals surface area contributed by atoms with Crippen LogP contribution in [0.2, 0.25) is 0 Å². The van der Waals surface area contributed by atoms with Crippen LogP contribution in [0.5, 0.6) is 5.75 Å². The number of hydrogen-bond acceptors (Lipinski definition) is 4. The molecule has 2 aromatic carbocycles. The smallest absolute Gasteiger partial charge is 0.159 e. The number of benzene rings is 2. The topological polar surface area (TPSA) is 80.8 Å². The summed E-state index contributed by atoms with van der Waals surface area (Å²) in [6, 6.07) is 9.20. The van der Waals surface area contributed by atoms with E-state index in [9.17, 15) is 5.11 Å². The summed E-state index contributed by atoms with van der Waals surface area (Å²) in [5.74, 6) is 0.441. The third-order valence-electron chi connectivity index (χ3n) is 6.54. The van der Waals surface area contributed by atoms with E-state index in [2.05, 4.69) is 40.0 Å². The molecule has 0 spiro atoms. The van der Waals surface area contributed by atoms with Gasteiger partial charge in [0.1, 0.15) is 17.0 Å². The fourth-order valence-electron chi connectivity index (χ4n) is 4.57. The first-order valence-electron chi connectivity index (χ1n) is 11.4. The van der Waals surface area contributed by atoms with E-state index in [-0.39, 0.29) is 11.6 Å². The lowest BCUT2D eigenvalue weighted by atomic mass is 9.96. The van der Waals surface area contributed by atoms with Crippen molar-refractivity contribution in [1.82, 2.24) is 25.1 Å². The van der Waals surface area contributed by atoms with Crippen molar-refractivity contribution >= 4 is 16.5 Å². The Bertz CT molecular complexity index is 1350. The second-order valence-corrected chi connectivity index (χ2v) is 8.82. The maximum atomic E-state index is 15.5. The Kier molecular flexibility index (Phi) is 5.50. The highest BCUT2D eigenvalue weighted by molar-refractivity contribution is 5.94. The van der Waals surface area contributed by atoms with Crippen molar-refractivity contribution in [2.75, 3.05) is 13.1 Å². The van der Waals surface area contributed by atoms with Crippen LogP contribution < -0.4 is 0 Å². The summed E-state index contributed by atoms with van der Waals surface area (Å²) in [5, 5.41) is 17.7. The molecule has 5 rings (SSSR count). The number of imidazole rings is 1. The molecule has 0 fully saturated rings. The molecule has 0 atom stereocenters. The average Bonchev–Trinajstić information content (AvgIpc) is 3.47. The molecule has 170 valence electrons. The summed E-state index contributed by atoms with van der Waals surface area (Å²) in [6.45, 7) is 8.35. The zero-order chi connectivity index (χ0) is 23.1. The van der Waals surface area contributed by atoms with Crippen LogP contribution in [0.4, 0.5) is 4.39 Å². The summed E-state index contributed by atoms with van der Waals surface area (Å²) in [5.41, 5.74) is 5.23. The van der Waals surface area contributed by atoms with Gasteiger partial charge in [0, 0.05) is 36.3 Å². The number of aromatic hydroxyl groups is 1. The molecule has 33 heavy (non-hydrogen) atoms. The van der Waals surface area contributed by atoms with Gasteiger partial charge < -0.3 is 10.1 Å². The first-order chi connectivity index (χ1) is 16.0. The number of nitrogens with one attached hydrogen (secondary N) is 2. The highest BCUT2D eigenvalue weighted by atomic mass is 19.1. The van der Waals surface area contributed by atoms with Crippen LogP contribution in [-0.2, 0) is 6.42 Å². The van der Waals surface area contributed by atoms with E-state index in [1.807, 2.05) is 19.2 Å². The Morgan fingerprint density at radius 1 is 1.18 bits per heavy atom. The van der Waals surface area contributed by atoms with Crippen LogP contribution in [-0.4, -0.2) is 49.3 Å². The molecule has 0 saturated carbocycles. The number of rotatable bonds is 5. The number of aryl methyl sites for hydroxylation is 1. The number of halogens is 1. The molecule has 0 bridgehead atoms. The van der Waals surface area contributed by atoms with E-state index < -0.39 is 0 Å². The number of phenolic OH excluding ortho intramolecular Hbond substituents is 1. The van der Waals surface area contributed by atoms with Crippen molar-refractivity contribution in [3.8, 4) is 28.4 Å². The number of phenols is 1. The van der Waals surface area contributed by atoms with Gasteiger partial charge in [-0.25, -0.2) is 9.37 Å². The predicted molar refractivity (Wildman–Crippen MR) is 129 cm³/mol. The van der Waals surface area contributed by atoms with Crippen molar-refractivity contribution in [1.29, 1.82) is 0 Å². The third kappa shape index (κ3) is 3.82. The molecular formula is C26H28FN5O. The lowest BCUT2D eigenvalue weighted by Gasteiger charge is -2.29. The molecule has 1 aliphatic rings. The highest BCUT2D eigenvalue weighted by Crippen LogP contribution is 2.35. The van der Waals surface area contributed by atoms with Gasteiger partial charge in [-0.05, 0) is 61.6 Å². The van der Waals surface area contributed by atoms with Crippen molar-refractivity contribution < 1.29 is 9.50 Å². The first-order valence-corrected chi connectivity index (χ1v) is 11.4. The molecule has 3 N–H and O–H groups in total. The van der Waals surface area contributed by atoms with E-state index in [0.717, 1.165) is 36.3 Å². The molecular weight excluding hydrogens is 417 g/mol. The quantitative estimate of drug-likeness (QED) is 0.378. The zero-order valence-corrected chi connectivity index (χ0v) is 19.1. The Labute approximate surface area is 192 Å². The van der Waals surface area contributed by atoms with Crippen LogP contribution >= 0.6 is 0 Å². The molecule has 0 radical (unpaired) electrons. The standard InChI is InChI=1S/C26H28FN5O/c1-4-16-13-18(33)5-6-19(16)20-7-8-21-24(23(20)27)30-31-25(21)26-28-14-22(29-26)17-9-11-32(12-10-17)15(2)3/h5-9,13-15,33H,4,10-12H2,1-3H3,(H,28,29)(H,30,31). The number of fused-ring (bicyclic) bond motifs is 1. The third-order valence-corrected chi connectivity index (χ3v) is 6.54. The Balaban J connectivity index is 1.49. The van der Waals surface area contributed by atoms with Crippen molar-refractivity contribution in [3.63, 3.8) is 0 Å². The minimum atomic E-state index is -0.359. The number of nitrogens with zero attached hydrogens (tertiary/aromatic N) is 3. The summed E-state index contributed by atoms with van der Waals surface area (Å²) in [6.07, 6.45) is 5.78. The second kappa shape index (κ2) is 8.48. The summed E-state index contributed by atoms with van der Waals surface area (Å²) in [4.78, 5) is 10.4. The van der Waals surface area contributed by atoms with Gasteiger partial charge in [-0.1, -0.05) is 25.1 Å². The molecule has 0 unspecified atom stereocenters. The largest absolute Gasteiger partial charge is 0.508 e. The van der Waals surface area contributed by atoms with Crippen LogP contribution in [0.3, 0.4) is 0 Å². The Morgan fingerprint density at radius 3 is 2.73 bits per heavy atom. The molecule has 3 heterocycles. The molecule has 4 aromatic rings. The second-order valence-electron chi connectivity index (χ2n) is 8.82. The average molecular weight is 446 g/mol. The van der Waals surface area contributed by atoms with Gasteiger partial charge >= 0.3 is 0 Å². The highest BCUT2D eigenvalue weighted by Gasteiger charge is 2.21. The zero-order valence-electron chi connectivity index (χ0n) is 19.1. The number of aromatic nitrogens is 4. The minimum absolute atomic E-state index is 0.180. The van der Waals surface area contributed by atoms with Crippen LogP contribution in [0, 0.1) is 5.82 Å². The number of aromatic amines is 2. The van der Waals surface area contributed by atoms with Gasteiger partial charge in [-0.15, -0.1) is 0 Å². The van der Waals surface area contributed by atoms with E-state index in [1.165, 1.54) is 5.57 Å². The van der Waals surface area contributed by atoms with Gasteiger partial charge in [-0.3, -0.25) is 10.00 Å². The fraction of sp³-hybridized carbons (Fsp3) is 0.308. The van der Waals surface area contributed by atoms with Gasteiger partial charge in [0.05, 0.1) is 5.69 Å². The maximum absolute atomic E-state index is 15.5. The fourth-order valence-corrected chi connectivity index (χ4v) is 4.57. The molecule has 6 nitrogen and oxygen atoms in total. The van der Waals surface area contributed by atoms with Crippen molar-refractivity contribution in [2.45, 2.75) is 39.7 Å². The molecule has 7 heteroatoms. The molecule has 0 aliphatic carbocycles. The van der Waals surface area contributed by atoms with Gasteiger partial charge in [0.25, 0.3) is 0 Å². The molecule has 0 saturated heterocycles. The lowest BCUT2D eigenvalue weighted by Crippen LogP contribution is -2.34. The summed E-state index contributed by atoms with van der Waals surface area (Å²) < 4.78 is 15.5. The number of H-pyrrole nitrogens is 2. The van der Waals surface area contributed by atoms with Crippen LogP contribution in [0.1, 0.15) is 38.4 Å². The summed E-state index contributed by atoms with van der Waals surface area (Å²) in [7, 11) is 0. The van der Waals surface area contributed by atoms with Crippen LogP contribution in [0.15, 0.2) is 42.6 Å². The SMILES string of the molecule is CCc1cc(O)ccc1-c1ccc2c(-c3nc(C4=CCN(C(C)C)CC4)c[nH]3)n[nH]c2c1F. The molecule has 2 aromatic heterocycles. The maximum Gasteiger partial charge on any atom is 0.159 e. The Hall–Kier alpha value is -3.45. The van der Waals surface area contributed by atoms with Gasteiger partial charge in [0.2, 0.25) is 0 Å². The minimum Gasteiger partial charge on any atom is -0.508 e. The lowest BCUT2D eigenvalue weighted by molar-refractivity contribution is 0.245. The molecule has 0 amide bonds. The predicted octanol–water partition coefficient (Wildman–Crippen LogP) is 5.52. The Morgan fingerprint density at radius 2 is 2.00 bits per heavy atom.